The van der Waals surface area contributed by atoms with Crippen molar-refractivity contribution in [2.75, 3.05) is 5.32 Å². The normalized spacial score (nSPS) is 10.6. The smallest absolute Gasteiger partial charge is 0.412 e. The van der Waals surface area contributed by atoms with Crippen molar-refractivity contribution in [3.63, 3.8) is 0 Å². The van der Waals surface area contributed by atoms with E-state index in [0.29, 0.717) is 0 Å². The highest BCUT2D eigenvalue weighted by molar-refractivity contribution is 6.11. The summed E-state index contributed by atoms with van der Waals surface area (Å²) < 4.78 is 6.46. The maximum Gasteiger partial charge on any atom is 0.412 e. The number of hydrogen-bond acceptors (Lipinski definition) is 4. The molecule has 0 bridgehead atoms. The summed E-state index contributed by atoms with van der Waals surface area (Å²) in [5.41, 5.74) is -0.372. The second-order valence-electron chi connectivity index (χ2n) is 4.67. The first kappa shape index (κ1) is 13.8. The molecule has 0 fully saturated rings. The van der Waals surface area contributed by atoms with Crippen LogP contribution in [0.15, 0.2) is 6.20 Å². The van der Waals surface area contributed by atoms with Crippen molar-refractivity contribution in [2.45, 2.75) is 26.4 Å². The summed E-state index contributed by atoms with van der Waals surface area (Å²) >= 11 is 0. The van der Waals surface area contributed by atoms with E-state index in [4.69, 9.17) is 11.2 Å². The first-order chi connectivity index (χ1) is 8.23. The van der Waals surface area contributed by atoms with Crippen molar-refractivity contribution in [3.8, 4) is 12.3 Å². The lowest BCUT2D eigenvalue weighted by Crippen LogP contribution is -2.27. The lowest BCUT2D eigenvalue weighted by molar-refractivity contribution is 0.0636. The SMILES string of the molecule is C#CC(=O)c1nn(C)cc1NC(=O)OC(C)(C)C. The molecule has 6 heteroatoms. The molecule has 0 spiro atoms. The number of aromatic nitrogens is 2. The molecule has 0 atom stereocenters. The lowest BCUT2D eigenvalue weighted by Gasteiger charge is -2.19. The van der Waals surface area contributed by atoms with Gasteiger partial charge in [0.15, 0.2) is 5.69 Å². The number of ether oxygens (including phenoxy) is 1. The van der Waals surface area contributed by atoms with Crippen molar-refractivity contribution >= 4 is 17.6 Å². The predicted octanol–water partition coefficient (Wildman–Crippen LogP) is 1.58. The summed E-state index contributed by atoms with van der Waals surface area (Å²) in [5, 5.41) is 6.33. The Labute approximate surface area is 105 Å². The van der Waals surface area contributed by atoms with Gasteiger partial charge in [-0.2, -0.15) is 5.10 Å². The molecule has 0 unspecified atom stereocenters. The molecule has 0 radical (unpaired) electrons. The van der Waals surface area contributed by atoms with Crippen molar-refractivity contribution in [2.24, 2.45) is 7.05 Å². The van der Waals surface area contributed by atoms with Crippen LogP contribution in [0.1, 0.15) is 31.3 Å². The third-order valence-corrected chi connectivity index (χ3v) is 1.81. The minimum absolute atomic E-state index is 0.0193. The molecule has 0 saturated heterocycles. The monoisotopic (exact) mass is 249 g/mol. The molecule has 1 rings (SSSR count). The van der Waals surface area contributed by atoms with Gasteiger partial charge in [-0.15, -0.1) is 6.42 Å². The fourth-order valence-electron chi connectivity index (χ4n) is 1.23. The van der Waals surface area contributed by atoms with Gasteiger partial charge < -0.3 is 4.74 Å². The van der Waals surface area contributed by atoms with Crippen LogP contribution < -0.4 is 5.32 Å². The van der Waals surface area contributed by atoms with Crippen molar-refractivity contribution in [1.29, 1.82) is 0 Å². The number of rotatable bonds is 2. The van der Waals surface area contributed by atoms with Gasteiger partial charge in [0.2, 0.25) is 0 Å². The molecule has 0 aliphatic carbocycles. The van der Waals surface area contributed by atoms with Gasteiger partial charge >= 0.3 is 6.09 Å². The van der Waals surface area contributed by atoms with Gasteiger partial charge in [0.05, 0.1) is 5.69 Å². The predicted molar refractivity (Wildman–Crippen MR) is 66.2 cm³/mol. The van der Waals surface area contributed by atoms with Gasteiger partial charge in [-0.3, -0.25) is 14.8 Å². The van der Waals surface area contributed by atoms with Gasteiger partial charge in [0.25, 0.3) is 5.78 Å². The van der Waals surface area contributed by atoms with Crippen LogP contribution in [0.4, 0.5) is 10.5 Å². The lowest BCUT2D eigenvalue weighted by atomic mass is 10.2. The van der Waals surface area contributed by atoms with E-state index in [2.05, 4.69) is 10.4 Å². The quantitative estimate of drug-likeness (QED) is 0.490. The standard InChI is InChI=1S/C12H15N3O3/c1-6-9(16)10-8(7-15(5)14-10)13-11(17)18-12(2,3)4/h1,7H,2-5H3,(H,13,17). The second kappa shape index (κ2) is 4.92. The molecule has 1 amide bonds. The van der Waals surface area contributed by atoms with Gasteiger partial charge in [-0.1, -0.05) is 0 Å². The molecule has 0 saturated carbocycles. The van der Waals surface area contributed by atoms with Crippen LogP contribution in [-0.2, 0) is 11.8 Å². The highest BCUT2D eigenvalue weighted by atomic mass is 16.6. The Hall–Kier alpha value is -2.29. The van der Waals surface area contributed by atoms with E-state index < -0.39 is 17.5 Å². The van der Waals surface area contributed by atoms with Crippen molar-refractivity contribution in [3.05, 3.63) is 11.9 Å². The molecule has 1 N–H and O–H groups in total. The summed E-state index contributed by atoms with van der Waals surface area (Å²) in [6.45, 7) is 5.22. The van der Waals surface area contributed by atoms with Gasteiger partial charge in [0, 0.05) is 13.2 Å². The summed E-state index contributed by atoms with van der Waals surface area (Å²) in [6.07, 6.45) is 5.84. The first-order valence-electron chi connectivity index (χ1n) is 5.27. The van der Waals surface area contributed by atoms with Crippen LogP contribution in [0, 0.1) is 12.3 Å². The van der Waals surface area contributed by atoms with Gasteiger partial charge in [-0.05, 0) is 26.7 Å². The van der Waals surface area contributed by atoms with E-state index in [-0.39, 0.29) is 11.4 Å². The Kier molecular flexibility index (Phi) is 3.76. The van der Waals surface area contributed by atoms with Crippen molar-refractivity contribution in [1.82, 2.24) is 9.78 Å². The summed E-state index contributed by atoms with van der Waals surface area (Å²) in [7, 11) is 1.62. The number of terminal acetylenes is 1. The maximum atomic E-state index is 11.6. The van der Waals surface area contributed by atoms with Crippen LogP contribution in [0.2, 0.25) is 0 Å². The molecule has 1 aromatic rings. The fraction of sp³-hybridized carbons (Fsp3) is 0.417. The highest BCUT2D eigenvalue weighted by Gasteiger charge is 2.20. The number of Topliss-reactive ketones (excluding diaryl/α,β-unsaturated/α-hetero) is 1. The number of nitrogens with zero attached hydrogens (tertiary/aromatic N) is 2. The third kappa shape index (κ3) is 3.63. The van der Waals surface area contributed by atoms with Gasteiger partial charge in [0.1, 0.15) is 5.60 Å². The van der Waals surface area contributed by atoms with Crippen molar-refractivity contribution < 1.29 is 14.3 Å². The van der Waals surface area contributed by atoms with E-state index in [0.717, 1.165) is 0 Å². The Morgan fingerprint density at radius 2 is 2.11 bits per heavy atom. The molecule has 6 nitrogen and oxygen atoms in total. The van der Waals surface area contributed by atoms with Gasteiger partial charge in [-0.25, -0.2) is 4.79 Å². The minimum atomic E-state index is -0.665. The topological polar surface area (TPSA) is 73.2 Å². The first-order valence-corrected chi connectivity index (χ1v) is 5.27. The molecule has 0 aliphatic rings. The summed E-state index contributed by atoms with van der Waals surface area (Å²) in [6, 6.07) is 0. The van der Waals surface area contributed by atoms with Crippen LogP contribution in [0.3, 0.4) is 0 Å². The van der Waals surface area contributed by atoms with Crippen LogP contribution in [-0.4, -0.2) is 27.3 Å². The molecular weight excluding hydrogens is 234 g/mol. The molecule has 96 valence electrons. The average molecular weight is 249 g/mol. The number of carbonyl (C=O) groups is 2. The van der Waals surface area contributed by atoms with E-state index in [1.54, 1.807) is 27.8 Å². The maximum absolute atomic E-state index is 11.6. The Balaban J connectivity index is 2.89. The van der Waals surface area contributed by atoms with E-state index >= 15 is 0 Å². The molecule has 18 heavy (non-hydrogen) atoms. The molecular formula is C12H15N3O3. The number of hydrogen-bond donors (Lipinski definition) is 1. The summed E-state index contributed by atoms with van der Waals surface area (Å²) in [5.74, 6) is 1.35. The van der Waals surface area contributed by atoms with Crippen LogP contribution >= 0.6 is 0 Å². The number of carbonyl (C=O) groups excluding carboxylic acids is 2. The Morgan fingerprint density at radius 1 is 1.50 bits per heavy atom. The van der Waals surface area contributed by atoms with Crippen LogP contribution in [0.25, 0.3) is 0 Å². The molecule has 1 heterocycles. The summed E-state index contributed by atoms with van der Waals surface area (Å²) in [4.78, 5) is 23.0. The number of nitrogens with one attached hydrogen (secondary N) is 1. The Morgan fingerprint density at radius 3 is 2.61 bits per heavy atom. The largest absolute Gasteiger partial charge is 0.444 e. The second-order valence-corrected chi connectivity index (χ2v) is 4.67. The zero-order valence-corrected chi connectivity index (χ0v) is 10.8. The van der Waals surface area contributed by atoms with E-state index in [1.165, 1.54) is 10.9 Å². The zero-order chi connectivity index (χ0) is 13.9. The average Bonchev–Trinajstić information content (AvgIpc) is 2.55. The third-order valence-electron chi connectivity index (χ3n) is 1.81. The molecule has 0 aromatic carbocycles. The minimum Gasteiger partial charge on any atom is -0.444 e. The number of amides is 1. The molecule has 1 aromatic heterocycles. The highest BCUT2D eigenvalue weighted by Crippen LogP contribution is 2.15. The van der Waals surface area contributed by atoms with E-state index in [9.17, 15) is 9.59 Å². The van der Waals surface area contributed by atoms with Crippen LogP contribution in [0.5, 0.6) is 0 Å². The number of aryl methyl sites for hydroxylation is 1. The van der Waals surface area contributed by atoms with E-state index in [1.807, 2.05) is 5.92 Å². The molecule has 0 aliphatic heterocycles. The number of anilines is 1. The number of ketones is 1. The Bertz CT molecular complexity index is 518. The zero-order valence-electron chi connectivity index (χ0n) is 10.8. The fourth-order valence-corrected chi connectivity index (χ4v) is 1.23.